The van der Waals surface area contributed by atoms with Gasteiger partial charge in [0.15, 0.2) is 0 Å². The molecule has 3 heteroatoms. The molecule has 116 valence electrons. The molecule has 0 bridgehead atoms. The molecule has 2 atom stereocenters. The summed E-state index contributed by atoms with van der Waals surface area (Å²) in [5.41, 5.74) is 2.86. The number of rotatable bonds is 4. The first-order chi connectivity index (χ1) is 11.3. The van der Waals surface area contributed by atoms with Gasteiger partial charge in [0.1, 0.15) is 18.0 Å². The second kappa shape index (κ2) is 7.13. The molecule has 1 heterocycles. The van der Waals surface area contributed by atoms with Gasteiger partial charge in [-0.25, -0.2) is 0 Å². The van der Waals surface area contributed by atoms with E-state index in [1.165, 1.54) is 5.56 Å². The van der Waals surface area contributed by atoms with Crippen molar-refractivity contribution in [3.63, 3.8) is 0 Å². The molecule has 0 fully saturated rings. The smallest absolute Gasteiger partial charge is 0.135 e. The van der Waals surface area contributed by atoms with Crippen molar-refractivity contribution in [3.05, 3.63) is 78.0 Å². The first kappa shape index (κ1) is 15.3. The lowest BCUT2D eigenvalue weighted by Crippen LogP contribution is -2.40. The molecule has 0 amide bonds. The summed E-state index contributed by atoms with van der Waals surface area (Å²) in [6.07, 6.45) is 2.75. The fourth-order valence-electron chi connectivity index (χ4n) is 3.07. The molecule has 0 aliphatic carbocycles. The number of benzene rings is 2. The molecule has 1 aliphatic heterocycles. The largest absolute Gasteiger partial charge is 0.358 e. The van der Waals surface area contributed by atoms with E-state index in [0.717, 1.165) is 12.1 Å². The van der Waals surface area contributed by atoms with Crippen LogP contribution >= 0.6 is 0 Å². The quantitative estimate of drug-likeness (QED) is 0.837. The van der Waals surface area contributed by atoms with Gasteiger partial charge >= 0.3 is 0 Å². The molecule has 0 spiro atoms. The molecule has 0 radical (unpaired) electrons. The predicted octanol–water partition coefficient (Wildman–Crippen LogP) is 4.45. The summed E-state index contributed by atoms with van der Waals surface area (Å²) >= 11 is 0. The lowest BCUT2D eigenvalue weighted by atomic mass is 9.90. The third-order valence-electron chi connectivity index (χ3n) is 4.10. The minimum atomic E-state index is -0.132. The van der Waals surface area contributed by atoms with Gasteiger partial charge in [0, 0.05) is 24.6 Å². The van der Waals surface area contributed by atoms with Crippen molar-refractivity contribution in [2.24, 2.45) is 0 Å². The van der Waals surface area contributed by atoms with Crippen molar-refractivity contribution in [1.82, 2.24) is 0 Å². The van der Waals surface area contributed by atoms with Crippen LogP contribution in [0.2, 0.25) is 0 Å². The Labute approximate surface area is 137 Å². The second-order valence-corrected chi connectivity index (χ2v) is 5.53. The Balaban J connectivity index is 2.00. The molecule has 3 rings (SSSR count). The number of para-hydroxylation sites is 1. The molecule has 0 aromatic heterocycles. The van der Waals surface area contributed by atoms with E-state index in [1.807, 2.05) is 60.4 Å². The SMILES string of the molecule is CCO[C@@H]1C[C@@H](c2ccccc2)C=C(C#N)N1c1ccccc1. The molecule has 0 saturated carbocycles. The summed E-state index contributed by atoms with van der Waals surface area (Å²) in [6, 6.07) is 22.6. The number of anilines is 1. The molecular weight excluding hydrogens is 284 g/mol. The first-order valence-corrected chi connectivity index (χ1v) is 7.96. The molecule has 0 N–H and O–H groups in total. The van der Waals surface area contributed by atoms with Crippen LogP contribution in [0.5, 0.6) is 0 Å². The van der Waals surface area contributed by atoms with Gasteiger partial charge in [0.05, 0.1) is 0 Å². The summed E-state index contributed by atoms with van der Waals surface area (Å²) in [6.45, 7) is 2.61. The Morgan fingerprint density at radius 2 is 1.74 bits per heavy atom. The third-order valence-corrected chi connectivity index (χ3v) is 4.10. The van der Waals surface area contributed by atoms with Crippen LogP contribution in [0, 0.1) is 11.3 Å². The van der Waals surface area contributed by atoms with E-state index in [-0.39, 0.29) is 12.1 Å². The van der Waals surface area contributed by atoms with Gasteiger partial charge in [-0.15, -0.1) is 0 Å². The van der Waals surface area contributed by atoms with E-state index in [2.05, 4.69) is 24.3 Å². The maximum Gasteiger partial charge on any atom is 0.135 e. The monoisotopic (exact) mass is 304 g/mol. The van der Waals surface area contributed by atoms with Crippen LogP contribution in [0.3, 0.4) is 0 Å². The standard InChI is InChI=1S/C20H20N2O/c1-2-23-20-14-17(16-9-5-3-6-10-16)13-19(15-21)22(20)18-11-7-4-8-12-18/h3-13,17,20H,2,14H2,1H3/t17-,20+/m0/s1. The summed E-state index contributed by atoms with van der Waals surface area (Å²) in [7, 11) is 0. The van der Waals surface area contributed by atoms with Crippen LogP contribution in [0.4, 0.5) is 5.69 Å². The lowest BCUT2D eigenvalue weighted by Gasteiger charge is -2.38. The number of nitrogens with zero attached hydrogens (tertiary/aromatic N) is 2. The Morgan fingerprint density at radius 3 is 2.35 bits per heavy atom. The van der Waals surface area contributed by atoms with Gasteiger partial charge < -0.3 is 9.64 Å². The van der Waals surface area contributed by atoms with Crippen molar-refractivity contribution in [3.8, 4) is 6.07 Å². The van der Waals surface area contributed by atoms with Gasteiger partial charge in [-0.2, -0.15) is 5.26 Å². The van der Waals surface area contributed by atoms with E-state index in [0.29, 0.717) is 12.3 Å². The second-order valence-electron chi connectivity index (χ2n) is 5.53. The number of allylic oxidation sites excluding steroid dienone is 2. The maximum atomic E-state index is 9.66. The number of hydrogen-bond donors (Lipinski definition) is 0. The molecule has 2 aromatic carbocycles. The van der Waals surface area contributed by atoms with Gasteiger partial charge in [-0.3, -0.25) is 0 Å². The predicted molar refractivity (Wildman–Crippen MR) is 91.8 cm³/mol. The fraction of sp³-hybridized carbons (Fsp3) is 0.250. The summed E-state index contributed by atoms with van der Waals surface area (Å²) in [5.74, 6) is 0.197. The van der Waals surface area contributed by atoms with Gasteiger partial charge in [-0.05, 0) is 30.7 Å². The minimum absolute atomic E-state index is 0.132. The Kier molecular flexibility index (Phi) is 4.75. The minimum Gasteiger partial charge on any atom is -0.358 e. The molecule has 0 unspecified atom stereocenters. The highest BCUT2D eigenvalue weighted by atomic mass is 16.5. The summed E-state index contributed by atoms with van der Waals surface area (Å²) in [5, 5.41) is 9.66. The zero-order valence-electron chi connectivity index (χ0n) is 13.2. The van der Waals surface area contributed by atoms with E-state index in [1.54, 1.807) is 0 Å². The molecule has 1 aliphatic rings. The van der Waals surface area contributed by atoms with Crippen LogP contribution in [0.15, 0.2) is 72.4 Å². The highest BCUT2D eigenvalue weighted by molar-refractivity contribution is 5.58. The van der Waals surface area contributed by atoms with Gasteiger partial charge in [0.25, 0.3) is 0 Å². The number of ether oxygens (including phenoxy) is 1. The highest BCUT2D eigenvalue weighted by Crippen LogP contribution is 2.36. The first-order valence-electron chi connectivity index (χ1n) is 7.96. The van der Waals surface area contributed by atoms with Crippen molar-refractivity contribution in [2.75, 3.05) is 11.5 Å². The summed E-state index contributed by atoms with van der Waals surface area (Å²) in [4.78, 5) is 2.00. The molecule has 3 nitrogen and oxygen atoms in total. The van der Waals surface area contributed by atoms with Crippen LogP contribution in [-0.2, 0) is 4.74 Å². The topological polar surface area (TPSA) is 36.3 Å². The Morgan fingerprint density at radius 1 is 1.09 bits per heavy atom. The molecule has 0 saturated heterocycles. The Hall–Kier alpha value is -2.57. The molecule has 23 heavy (non-hydrogen) atoms. The van der Waals surface area contributed by atoms with Crippen molar-refractivity contribution < 1.29 is 4.74 Å². The fourth-order valence-corrected chi connectivity index (χ4v) is 3.07. The van der Waals surface area contributed by atoms with Crippen molar-refractivity contribution in [1.29, 1.82) is 5.26 Å². The lowest BCUT2D eigenvalue weighted by molar-refractivity contribution is 0.0535. The van der Waals surface area contributed by atoms with E-state index in [9.17, 15) is 5.26 Å². The number of hydrogen-bond acceptors (Lipinski definition) is 3. The maximum absolute atomic E-state index is 9.66. The van der Waals surface area contributed by atoms with Crippen LogP contribution < -0.4 is 4.90 Å². The normalized spacial score (nSPS) is 20.7. The average Bonchev–Trinajstić information content (AvgIpc) is 2.63. The zero-order valence-corrected chi connectivity index (χ0v) is 13.2. The van der Waals surface area contributed by atoms with Crippen LogP contribution in [0.25, 0.3) is 0 Å². The van der Waals surface area contributed by atoms with Gasteiger partial charge in [-0.1, -0.05) is 48.5 Å². The van der Waals surface area contributed by atoms with E-state index >= 15 is 0 Å². The van der Waals surface area contributed by atoms with E-state index in [4.69, 9.17) is 4.74 Å². The molecular formula is C20H20N2O. The van der Waals surface area contributed by atoms with Gasteiger partial charge in [0.2, 0.25) is 0 Å². The highest BCUT2D eigenvalue weighted by Gasteiger charge is 2.31. The van der Waals surface area contributed by atoms with Crippen molar-refractivity contribution in [2.45, 2.75) is 25.5 Å². The van der Waals surface area contributed by atoms with Crippen LogP contribution in [0.1, 0.15) is 24.8 Å². The van der Waals surface area contributed by atoms with Crippen molar-refractivity contribution >= 4 is 5.69 Å². The Bertz CT molecular complexity index is 703. The van der Waals surface area contributed by atoms with Crippen LogP contribution in [-0.4, -0.2) is 12.8 Å². The zero-order chi connectivity index (χ0) is 16.1. The number of nitriles is 1. The summed E-state index contributed by atoms with van der Waals surface area (Å²) < 4.78 is 5.97. The van der Waals surface area contributed by atoms with E-state index < -0.39 is 0 Å². The molecule has 2 aromatic rings. The average molecular weight is 304 g/mol. The third kappa shape index (κ3) is 3.28.